The Labute approximate surface area is 192 Å². The van der Waals surface area contributed by atoms with Crippen LogP contribution in [-0.2, 0) is 9.53 Å². The molecule has 4 rings (SSSR count). The maximum absolute atomic E-state index is 13.0. The molecule has 0 aliphatic rings. The van der Waals surface area contributed by atoms with Crippen LogP contribution in [-0.4, -0.2) is 28.5 Å². The molecule has 2 aromatic carbocycles. The monoisotopic (exact) mass is 439 g/mol. The number of nitrogens with zero attached hydrogens (tertiary/aromatic N) is 2. The minimum Gasteiger partial charge on any atom is -0.452 e. The van der Waals surface area contributed by atoms with E-state index in [1.54, 1.807) is 18.5 Å². The first kappa shape index (κ1) is 22.1. The molecule has 4 aromatic rings. The molecule has 1 N–H and O–H groups in total. The lowest BCUT2D eigenvalue weighted by Gasteiger charge is -2.16. The third kappa shape index (κ3) is 4.90. The van der Waals surface area contributed by atoms with E-state index in [0.29, 0.717) is 22.2 Å². The lowest BCUT2D eigenvalue weighted by atomic mass is 9.98. The first-order chi connectivity index (χ1) is 15.9. The normalized spacial score (nSPS) is 10.9. The molecule has 0 atom stereocenters. The lowest BCUT2D eigenvalue weighted by Crippen LogP contribution is -2.22. The molecule has 0 fully saturated rings. The van der Waals surface area contributed by atoms with Crippen molar-refractivity contribution >= 4 is 28.5 Å². The smallest absolute Gasteiger partial charge is 0.339 e. The summed E-state index contributed by atoms with van der Waals surface area (Å²) in [5, 5.41) is 3.57. The summed E-state index contributed by atoms with van der Waals surface area (Å²) in [6.45, 7) is 5.69. The highest BCUT2D eigenvalue weighted by molar-refractivity contribution is 6.05. The minimum atomic E-state index is -0.581. The molecule has 0 bridgehead atoms. The third-order valence-electron chi connectivity index (χ3n) is 5.42. The van der Waals surface area contributed by atoms with Crippen LogP contribution in [0.15, 0.2) is 73.1 Å². The second-order valence-corrected chi connectivity index (χ2v) is 8.13. The van der Waals surface area contributed by atoms with Crippen molar-refractivity contribution in [2.45, 2.75) is 26.7 Å². The van der Waals surface area contributed by atoms with Gasteiger partial charge in [0.15, 0.2) is 6.61 Å². The summed E-state index contributed by atoms with van der Waals surface area (Å²) >= 11 is 0. The van der Waals surface area contributed by atoms with E-state index in [2.05, 4.69) is 29.1 Å². The first-order valence-corrected chi connectivity index (χ1v) is 10.8. The molecule has 0 saturated heterocycles. The average molecular weight is 440 g/mol. The Balaban J connectivity index is 1.56. The molecule has 166 valence electrons. The van der Waals surface area contributed by atoms with Crippen molar-refractivity contribution in [3.63, 3.8) is 0 Å². The molecular weight excluding hydrogens is 414 g/mol. The van der Waals surface area contributed by atoms with E-state index >= 15 is 0 Å². The van der Waals surface area contributed by atoms with Crippen LogP contribution >= 0.6 is 0 Å². The van der Waals surface area contributed by atoms with Gasteiger partial charge in [0, 0.05) is 29.0 Å². The fourth-order valence-corrected chi connectivity index (χ4v) is 3.73. The molecule has 0 saturated carbocycles. The van der Waals surface area contributed by atoms with Crippen LogP contribution < -0.4 is 5.32 Å². The van der Waals surface area contributed by atoms with Gasteiger partial charge < -0.3 is 10.1 Å². The second-order valence-electron chi connectivity index (χ2n) is 8.13. The maximum atomic E-state index is 13.0. The molecule has 0 aliphatic carbocycles. The van der Waals surface area contributed by atoms with E-state index in [1.807, 2.05) is 61.5 Å². The van der Waals surface area contributed by atoms with Crippen molar-refractivity contribution < 1.29 is 14.3 Å². The molecule has 6 nitrogen and oxygen atoms in total. The van der Waals surface area contributed by atoms with Gasteiger partial charge in [0.1, 0.15) is 0 Å². The van der Waals surface area contributed by atoms with Gasteiger partial charge in [-0.15, -0.1) is 0 Å². The summed E-state index contributed by atoms with van der Waals surface area (Å²) in [6.07, 6.45) is 3.37. The number of ether oxygens (including phenoxy) is 1. The van der Waals surface area contributed by atoms with Crippen molar-refractivity contribution in [2.75, 3.05) is 11.9 Å². The zero-order chi connectivity index (χ0) is 23.4. The van der Waals surface area contributed by atoms with Crippen LogP contribution in [0.5, 0.6) is 0 Å². The fraction of sp³-hybridized carbons (Fsp3) is 0.185. The number of esters is 1. The van der Waals surface area contributed by atoms with Crippen LogP contribution in [0.3, 0.4) is 0 Å². The predicted molar refractivity (Wildman–Crippen MR) is 129 cm³/mol. The van der Waals surface area contributed by atoms with E-state index in [1.165, 1.54) is 0 Å². The number of pyridine rings is 2. The van der Waals surface area contributed by atoms with Gasteiger partial charge in [0.05, 0.1) is 16.8 Å². The van der Waals surface area contributed by atoms with Crippen molar-refractivity contribution in [1.82, 2.24) is 9.97 Å². The zero-order valence-electron chi connectivity index (χ0n) is 18.8. The number of para-hydroxylation sites is 2. The molecule has 0 radical (unpaired) electrons. The highest BCUT2D eigenvalue weighted by Gasteiger charge is 2.18. The van der Waals surface area contributed by atoms with Gasteiger partial charge in [-0.1, -0.05) is 50.2 Å². The van der Waals surface area contributed by atoms with Crippen LogP contribution in [0, 0.1) is 6.92 Å². The van der Waals surface area contributed by atoms with Crippen LogP contribution in [0.1, 0.15) is 41.3 Å². The molecule has 0 aliphatic heterocycles. The maximum Gasteiger partial charge on any atom is 0.339 e. The molecule has 0 unspecified atom stereocenters. The number of nitrogens with one attached hydrogen (secondary N) is 1. The summed E-state index contributed by atoms with van der Waals surface area (Å²) in [6, 6.07) is 18.6. The Morgan fingerprint density at radius 1 is 1.03 bits per heavy atom. The first-order valence-electron chi connectivity index (χ1n) is 10.8. The van der Waals surface area contributed by atoms with Gasteiger partial charge in [-0.25, -0.2) is 9.78 Å². The number of rotatable bonds is 6. The predicted octanol–water partition coefficient (Wildman–Crippen LogP) is 5.52. The van der Waals surface area contributed by atoms with Gasteiger partial charge in [-0.3, -0.25) is 9.78 Å². The van der Waals surface area contributed by atoms with Crippen molar-refractivity contribution in [1.29, 1.82) is 0 Å². The van der Waals surface area contributed by atoms with Gasteiger partial charge in [-0.2, -0.15) is 0 Å². The van der Waals surface area contributed by atoms with E-state index in [-0.39, 0.29) is 18.4 Å². The summed E-state index contributed by atoms with van der Waals surface area (Å²) in [7, 11) is 0. The number of fused-ring (bicyclic) bond motifs is 1. The molecule has 33 heavy (non-hydrogen) atoms. The Bertz CT molecular complexity index is 1320. The Kier molecular flexibility index (Phi) is 6.45. The summed E-state index contributed by atoms with van der Waals surface area (Å²) in [5.41, 5.74) is 5.18. The number of carbonyl (C=O) groups is 2. The summed E-state index contributed by atoms with van der Waals surface area (Å²) in [5.74, 6) is -0.718. The zero-order valence-corrected chi connectivity index (χ0v) is 18.8. The number of aryl methyl sites for hydroxylation is 1. The third-order valence-corrected chi connectivity index (χ3v) is 5.42. The van der Waals surface area contributed by atoms with Crippen LogP contribution in [0.25, 0.3) is 22.2 Å². The quantitative estimate of drug-likeness (QED) is 0.400. The Morgan fingerprint density at radius 2 is 1.85 bits per heavy atom. The minimum absolute atomic E-state index is 0.247. The summed E-state index contributed by atoms with van der Waals surface area (Å²) < 4.78 is 5.41. The standard InChI is InChI=1S/C27H25N3O3/c1-17(2)20-11-6-8-18(3)26(20)30-25(31)16-33-27(32)22-14-24(19-9-7-13-28-15-19)29-23-12-5-4-10-21(22)23/h4-15,17H,16H2,1-3H3,(H,30,31). The molecule has 2 aromatic heterocycles. The number of benzene rings is 2. The van der Waals surface area contributed by atoms with E-state index in [4.69, 9.17) is 4.74 Å². The fourth-order valence-electron chi connectivity index (χ4n) is 3.73. The molecule has 1 amide bonds. The summed E-state index contributed by atoms with van der Waals surface area (Å²) in [4.78, 5) is 34.4. The number of hydrogen-bond acceptors (Lipinski definition) is 5. The average Bonchev–Trinajstić information content (AvgIpc) is 2.83. The molecule has 2 heterocycles. The van der Waals surface area contributed by atoms with Gasteiger partial charge in [-0.05, 0) is 48.2 Å². The lowest BCUT2D eigenvalue weighted by molar-refractivity contribution is -0.119. The van der Waals surface area contributed by atoms with E-state index in [0.717, 1.165) is 22.4 Å². The molecular formula is C27H25N3O3. The van der Waals surface area contributed by atoms with Gasteiger partial charge in [0.25, 0.3) is 5.91 Å². The Hall–Kier alpha value is -4.06. The Morgan fingerprint density at radius 3 is 2.61 bits per heavy atom. The second kappa shape index (κ2) is 9.61. The van der Waals surface area contributed by atoms with E-state index < -0.39 is 5.97 Å². The number of aromatic nitrogens is 2. The number of hydrogen-bond donors (Lipinski definition) is 1. The van der Waals surface area contributed by atoms with E-state index in [9.17, 15) is 9.59 Å². The van der Waals surface area contributed by atoms with Crippen molar-refractivity contribution in [3.05, 3.63) is 89.7 Å². The van der Waals surface area contributed by atoms with Gasteiger partial charge in [0.2, 0.25) is 0 Å². The largest absolute Gasteiger partial charge is 0.452 e. The van der Waals surface area contributed by atoms with Crippen LogP contribution in [0.2, 0.25) is 0 Å². The number of amides is 1. The van der Waals surface area contributed by atoms with Crippen molar-refractivity contribution in [2.24, 2.45) is 0 Å². The number of carbonyl (C=O) groups excluding carboxylic acids is 2. The SMILES string of the molecule is Cc1cccc(C(C)C)c1NC(=O)COC(=O)c1cc(-c2cccnc2)nc2ccccc12. The highest BCUT2D eigenvalue weighted by Crippen LogP contribution is 2.28. The molecule has 6 heteroatoms. The number of anilines is 1. The van der Waals surface area contributed by atoms with Gasteiger partial charge >= 0.3 is 5.97 Å². The molecule has 0 spiro atoms. The van der Waals surface area contributed by atoms with Crippen LogP contribution in [0.4, 0.5) is 5.69 Å². The highest BCUT2D eigenvalue weighted by atomic mass is 16.5. The van der Waals surface area contributed by atoms with Crippen molar-refractivity contribution in [3.8, 4) is 11.3 Å². The topological polar surface area (TPSA) is 81.2 Å².